The Balaban J connectivity index is 2.10. The van der Waals surface area contributed by atoms with Crippen LogP contribution in [0.25, 0.3) is 0 Å². The van der Waals surface area contributed by atoms with Crippen molar-refractivity contribution >= 4 is 27.7 Å². The summed E-state index contributed by atoms with van der Waals surface area (Å²) in [4.78, 5) is 11.6. The number of aromatic amines is 1. The summed E-state index contributed by atoms with van der Waals surface area (Å²) in [5.74, 6) is 0.389. The maximum absolute atomic E-state index is 11.6. The molecular weight excluding hydrogens is 262 g/mol. The van der Waals surface area contributed by atoms with Crippen molar-refractivity contribution in [1.82, 2.24) is 10.2 Å². The highest BCUT2D eigenvalue weighted by Crippen LogP contribution is 2.15. The van der Waals surface area contributed by atoms with Crippen LogP contribution in [0.2, 0.25) is 0 Å². The van der Waals surface area contributed by atoms with Crippen LogP contribution in [0.5, 0.6) is 0 Å². The molecule has 6 heteroatoms. The fourth-order valence-corrected chi connectivity index (χ4v) is 1.40. The molecule has 0 bridgehead atoms. The number of nitrogens with zero attached hydrogens (tertiary/aromatic N) is 1. The molecule has 0 fully saturated rings. The second-order valence-electron chi connectivity index (χ2n) is 2.99. The molecule has 0 atom stereocenters. The number of carbonyl (C=O) groups is 1. The van der Waals surface area contributed by atoms with E-state index in [1.54, 1.807) is 18.2 Å². The van der Waals surface area contributed by atoms with E-state index in [0.29, 0.717) is 10.5 Å². The fraction of sp³-hybridized carbons (Fsp3) is 0.111. The van der Waals surface area contributed by atoms with Gasteiger partial charge in [-0.05, 0) is 35.0 Å². The summed E-state index contributed by atoms with van der Waals surface area (Å²) in [5, 5.41) is 9.20. The standard InChI is InChI=1S/C9H8BrN3O2/c1-5-4-8(13-12-5)11-9(14)6-2-3-7(10)15-6/h2-4H,1H3,(H2,11,12,13,14). The Morgan fingerprint density at radius 1 is 1.60 bits per heavy atom. The predicted octanol–water partition coefficient (Wildman–Crippen LogP) is 2.33. The minimum absolute atomic E-state index is 0.238. The zero-order valence-corrected chi connectivity index (χ0v) is 9.46. The normalized spacial score (nSPS) is 10.3. The van der Waals surface area contributed by atoms with Crippen LogP contribution >= 0.6 is 15.9 Å². The van der Waals surface area contributed by atoms with E-state index in [1.807, 2.05) is 6.92 Å². The van der Waals surface area contributed by atoms with Gasteiger partial charge in [0.05, 0.1) is 0 Å². The number of furan rings is 1. The number of anilines is 1. The van der Waals surface area contributed by atoms with Crippen LogP contribution in [-0.4, -0.2) is 16.1 Å². The van der Waals surface area contributed by atoms with Gasteiger partial charge in [-0.1, -0.05) is 0 Å². The number of carbonyl (C=O) groups excluding carboxylic acids is 1. The molecule has 0 unspecified atom stereocenters. The summed E-state index contributed by atoms with van der Waals surface area (Å²) >= 11 is 3.12. The average molecular weight is 270 g/mol. The van der Waals surface area contributed by atoms with Crippen molar-refractivity contribution in [2.75, 3.05) is 5.32 Å². The molecule has 0 aliphatic rings. The van der Waals surface area contributed by atoms with E-state index in [4.69, 9.17) is 4.42 Å². The van der Waals surface area contributed by atoms with Crippen LogP contribution in [0, 0.1) is 6.92 Å². The first-order chi connectivity index (χ1) is 7.15. The van der Waals surface area contributed by atoms with Crippen molar-refractivity contribution in [1.29, 1.82) is 0 Å². The third-order valence-corrected chi connectivity index (χ3v) is 2.17. The van der Waals surface area contributed by atoms with Crippen LogP contribution in [0.15, 0.2) is 27.3 Å². The van der Waals surface area contributed by atoms with E-state index in [9.17, 15) is 4.79 Å². The molecule has 0 aromatic carbocycles. The van der Waals surface area contributed by atoms with Gasteiger partial charge in [-0.3, -0.25) is 9.89 Å². The summed E-state index contributed by atoms with van der Waals surface area (Å²) in [6.07, 6.45) is 0. The molecule has 0 saturated carbocycles. The van der Waals surface area contributed by atoms with Crippen molar-refractivity contribution in [2.45, 2.75) is 6.92 Å². The molecule has 2 rings (SSSR count). The Morgan fingerprint density at radius 3 is 2.93 bits per heavy atom. The number of aromatic nitrogens is 2. The van der Waals surface area contributed by atoms with E-state index >= 15 is 0 Å². The Bertz CT molecular complexity index is 489. The van der Waals surface area contributed by atoms with E-state index in [1.165, 1.54) is 0 Å². The van der Waals surface area contributed by atoms with Gasteiger partial charge in [0.25, 0.3) is 5.91 Å². The molecule has 2 aromatic heterocycles. The topological polar surface area (TPSA) is 70.9 Å². The number of H-pyrrole nitrogens is 1. The minimum atomic E-state index is -0.327. The number of hydrogen-bond donors (Lipinski definition) is 2. The number of halogens is 1. The summed E-state index contributed by atoms with van der Waals surface area (Å²) < 4.78 is 5.61. The summed E-state index contributed by atoms with van der Waals surface area (Å²) in [7, 11) is 0. The van der Waals surface area contributed by atoms with Gasteiger partial charge in [-0.15, -0.1) is 0 Å². The molecule has 0 aliphatic heterocycles. The molecule has 2 heterocycles. The lowest BCUT2D eigenvalue weighted by molar-refractivity contribution is 0.0995. The van der Waals surface area contributed by atoms with Gasteiger partial charge in [0.2, 0.25) is 0 Å². The number of amides is 1. The second-order valence-corrected chi connectivity index (χ2v) is 3.78. The van der Waals surface area contributed by atoms with Crippen LogP contribution in [0.1, 0.15) is 16.2 Å². The van der Waals surface area contributed by atoms with Gasteiger partial charge in [0.15, 0.2) is 16.2 Å². The van der Waals surface area contributed by atoms with Crippen LogP contribution in [0.3, 0.4) is 0 Å². The van der Waals surface area contributed by atoms with E-state index < -0.39 is 0 Å². The van der Waals surface area contributed by atoms with Crippen molar-refractivity contribution in [3.05, 3.63) is 34.3 Å². The van der Waals surface area contributed by atoms with Crippen LogP contribution in [-0.2, 0) is 0 Å². The monoisotopic (exact) mass is 269 g/mol. The largest absolute Gasteiger partial charge is 0.444 e. The van der Waals surface area contributed by atoms with Gasteiger partial charge >= 0.3 is 0 Å². The Labute approximate surface area is 94.0 Å². The molecular formula is C9H8BrN3O2. The number of nitrogens with one attached hydrogen (secondary N) is 2. The first kappa shape index (κ1) is 9.97. The smallest absolute Gasteiger partial charge is 0.292 e. The Hall–Kier alpha value is -1.56. The maximum Gasteiger partial charge on any atom is 0.292 e. The van der Waals surface area contributed by atoms with Crippen LogP contribution in [0.4, 0.5) is 5.82 Å². The number of hydrogen-bond acceptors (Lipinski definition) is 3. The van der Waals surface area contributed by atoms with Crippen LogP contribution < -0.4 is 5.32 Å². The summed E-state index contributed by atoms with van der Waals surface area (Å²) in [6.45, 7) is 1.85. The van der Waals surface area contributed by atoms with Crippen molar-refractivity contribution < 1.29 is 9.21 Å². The lowest BCUT2D eigenvalue weighted by atomic mass is 10.4. The highest BCUT2D eigenvalue weighted by atomic mass is 79.9. The first-order valence-electron chi connectivity index (χ1n) is 4.24. The van der Waals surface area contributed by atoms with E-state index in [0.717, 1.165) is 5.69 Å². The lowest BCUT2D eigenvalue weighted by Gasteiger charge is -1.96. The molecule has 0 spiro atoms. The van der Waals surface area contributed by atoms with E-state index in [2.05, 4.69) is 31.4 Å². The number of aryl methyl sites for hydroxylation is 1. The predicted molar refractivity (Wildman–Crippen MR) is 57.7 cm³/mol. The second kappa shape index (κ2) is 3.90. The molecule has 0 radical (unpaired) electrons. The van der Waals surface area contributed by atoms with Crippen molar-refractivity contribution in [3.8, 4) is 0 Å². The maximum atomic E-state index is 11.6. The van der Waals surface area contributed by atoms with Gasteiger partial charge in [-0.25, -0.2) is 0 Å². The summed E-state index contributed by atoms with van der Waals surface area (Å²) in [5.41, 5.74) is 0.880. The van der Waals surface area contributed by atoms with Gasteiger partial charge in [0.1, 0.15) is 0 Å². The molecule has 2 N–H and O–H groups in total. The minimum Gasteiger partial charge on any atom is -0.444 e. The molecule has 15 heavy (non-hydrogen) atoms. The number of rotatable bonds is 2. The SMILES string of the molecule is Cc1cc(NC(=O)c2ccc(Br)o2)n[nH]1. The van der Waals surface area contributed by atoms with Crippen molar-refractivity contribution in [3.63, 3.8) is 0 Å². The quantitative estimate of drug-likeness (QED) is 0.879. The average Bonchev–Trinajstić information content (AvgIpc) is 2.75. The molecule has 1 amide bonds. The Kier molecular flexibility index (Phi) is 2.59. The van der Waals surface area contributed by atoms with Crippen molar-refractivity contribution in [2.24, 2.45) is 0 Å². The first-order valence-corrected chi connectivity index (χ1v) is 5.03. The summed E-state index contributed by atoms with van der Waals surface area (Å²) in [6, 6.07) is 4.97. The third-order valence-electron chi connectivity index (χ3n) is 1.74. The molecule has 2 aromatic rings. The molecule has 5 nitrogen and oxygen atoms in total. The highest BCUT2D eigenvalue weighted by Gasteiger charge is 2.11. The Morgan fingerprint density at radius 2 is 2.40 bits per heavy atom. The zero-order chi connectivity index (χ0) is 10.8. The van der Waals surface area contributed by atoms with E-state index in [-0.39, 0.29) is 11.7 Å². The lowest BCUT2D eigenvalue weighted by Crippen LogP contribution is -2.10. The fourth-order valence-electron chi connectivity index (χ4n) is 1.10. The molecule has 0 saturated heterocycles. The zero-order valence-electron chi connectivity index (χ0n) is 7.87. The highest BCUT2D eigenvalue weighted by molar-refractivity contribution is 9.10. The molecule has 0 aliphatic carbocycles. The third kappa shape index (κ3) is 2.27. The van der Waals surface area contributed by atoms with Gasteiger partial charge in [-0.2, -0.15) is 5.10 Å². The molecule has 78 valence electrons. The van der Waals surface area contributed by atoms with Gasteiger partial charge in [0, 0.05) is 11.8 Å². The van der Waals surface area contributed by atoms with Gasteiger partial charge < -0.3 is 9.73 Å².